The maximum Gasteiger partial charge on any atom is 0.245 e. The number of ether oxygens (including phenoxy) is 3. The largest absolute Gasteiger partial charge is 0.496 e. The number of carbonyl (C=O) groups excluding carboxylic acids is 1. The lowest BCUT2D eigenvalue weighted by Crippen LogP contribution is -2.30. The van der Waals surface area contributed by atoms with Gasteiger partial charge in [0, 0.05) is 24.7 Å². The lowest BCUT2D eigenvalue weighted by atomic mass is 10.1. The Morgan fingerprint density at radius 3 is 2.10 bits per heavy atom. The molecule has 0 aliphatic carbocycles. The molecule has 1 aliphatic heterocycles. The topological polar surface area (TPSA) is 48.0 Å². The summed E-state index contributed by atoms with van der Waals surface area (Å²) in [5.74, 6) is 1.48. The average molecular weight is 314 g/mol. The Morgan fingerprint density at radius 2 is 1.57 bits per heavy atom. The monoisotopic (exact) mass is 313 g/mol. The van der Waals surface area contributed by atoms with Gasteiger partial charge in [-0.1, -0.05) is 0 Å². The molecule has 116 valence electrons. The standard InChI is InChI=1S/C15H20ClNO4/c1-19-11-9-13(21-3)12(20-2)8-10(11)14(16)15(18)17-6-4-5-7-17/h8-9,14H,4-7H2,1-3H3. The number of benzene rings is 1. The first-order valence-corrected chi connectivity index (χ1v) is 7.28. The molecule has 1 saturated heterocycles. The van der Waals surface area contributed by atoms with Crippen LogP contribution < -0.4 is 14.2 Å². The molecule has 5 nitrogen and oxygen atoms in total. The number of rotatable bonds is 5. The summed E-state index contributed by atoms with van der Waals surface area (Å²) in [5.41, 5.74) is 0.591. The zero-order valence-corrected chi connectivity index (χ0v) is 13.3. The minimum absolute atomic E-state index is 0.0975. The molecule has 2 rings (SSSR count). The Morgan fingerprint density at radius 1 is 1.05 bits per heavy atom. The molecule has 0 saturated carbocycles. The molecule has 1 aromatic rings. The quantitative estimate of drug-likeness (QED) is 0.784. The van der Waals surface area contributed by atoms with Crippen LogP contribution in [0.15, 0.2) is 12.1 Å². The molecule has 1 unspecified atom stereocenters. The van der Waals surface area contributed by atoms with Gasteiger partial charge in [-0.15, -0.1) is 11.6 Å². The van der Waals surface area contributed by atoms with E-state index in [-0.39, 0.29) is 5.91 Å². The molecule has 0 radical (unpaired) electrons. The second-order valence-corrected chi connectivity index (χ2v) is 5.28. The summed E-state index contributed by atoms with van der Waals surface area (Å²) >= 11 is 6.38. The van der Waals surface area contributed by atoms with Crippen LogP contribution in [0, 0.1) is 0 Å². The summed E-state index contributed by atoms with van der Waals surface area (Å²) in [4.78, 5) is 14.2. The number of hydrogen-bond acceptors (Lipinski definition) is 4. The fraction of sp³-hybridized carbons (Fsp3) is 0.533. The van der Waals surface area contributed by atoms with Crippen LogP contribution in [-0.4, -0.2) is 45.2 Å². The van der Waals surface area contributed by atoms with Gasteiger partial charge in [0.1, 0.15) is 11.1 Å². The van der Waals surface area contributed by atoms with E-state index >= 15 is 0 Å². The van der Waals surface area contributed by atoms with Crippen LogP contribution in [0.5, 0.6) is 17.2 Å². The Kier molecular flexibility index (Phi) is 5.17. The number of halogens is 1. The summed E-state index contributed by atoms with van der Waals surface area (Å²) in [6, 6.07) is 3.38. The summed E-state index contributed by atoms with van der Waals surface area (Å²) in [6.45, 7) is 1.52. The summed E-state index contributed by atoms with van der Waals surface area (Å²) in [6.07, 6.45) is 2.05. The van der Waals surface area contributed by atoms with Gasteiger partial charge in [0.05, 0.1) is 21.3 Å². The van der Waals surface area contributed by atoms with Crippen LogP contribution in [-0.2, 0) is 4.79 Å². The Balaban J connectivity index is 2.34. The van der Waals surface area contributed by atoms with Gasteiger partial charge >= 0.3 is 0 Å². The molecule has 0 spiro atoms. The third kappa shape index (κ3) is 3.18. The van der Waals surface area contributed by atoms with Crippen molar-refractivity contribution >= 4 is 17.5 Å². The molecule has 1 heterocycles. The van der Waals surface area contributed by atoms with E-state index < -0.39 is 5.38 Å². The van der Waals surface area contributed by atoms with Crippen LogP contribution in [0.2, 0.25) is 0 Å². The van der Waals surface area contributed by atoms with Crippen molar-refractivity contribution in [2.24, 2.45) is 0 Å². The molecule has 1 aromatic carbocycles. The number of methoxy groups -OCH3 is 3. The Bertz CT molecular complexity index is 515. The number of alkyl halides is 1. The Hall–Kier alpha value is -1.62. The van der Waals surface area contributed by atoms with E-state index in [2.05, 4.69) is 0 Å². The maximum absolute atomic E-state index is 12.4. The van der Waals surface area contributed by atoms with Crippen molar-refractivity contribution in [2.45, 2.75) is 18.2 Å². The van der Waals surface area contributed by atoms with Crippen molar-refractivity contribution < 1.29 is 19.0 Å². The fourth-order valence-corrected chi connectivity index (χ4v) is 2.79. The highest BCUT2D eigenvalue weighted by atomic mass is 35.5. The zero-order valence-electron chi connectivity index (χ0n) is 12.5. The van der Waals surface area contributed by atoms with Crippen LogP contribution >= 0.6 is 11.6 Å². The van der Waals surface area contributed by atoms with Crippen molar-refractivity contribution in [3.05, 3.63) is 17.7 Å². The first-order chi connectivity index (χ1) is 10.1. The number of amides is 1. The van der Waals surface area contributed by atoms with Gasteiger partial charge in [0.15, 0.2) is 11.5 Å². The SMILES string of the molecule is COc1cc(OC)c(C(Cl)C(=O)N2CCCC2)cc1OC. The molecule has 1 fully saturated rings. The van der Waals surface area contributed by atoms with E-state index in [0.717, 1.165) is 25.9 Å². The second kappa shape index (κ2) is 6.89. The number of hydrogen-bond donors (Lipinski definition) is 0. The van der Waals surface area contributed by atoms with Crippen molar-refractivity contribution in [3.8, 4) is 17.2 Å². The molecule has 21 heavy (non-hydrogen) atoms. The van der Waals surface area contributed by atoms with Crippen molar-refractivity contribution in [1.82, 2.24) is 4.90 Å². The Labute approximate surface area is 129 Å². The summed E-state index contributed by atoms with van der Waals surface area (Å²) in [5, 5.41) is -0.794. The van der Waals surface area contributed by atoms with Crippen LogP contribution in [0.4, 0.5) is 0 Å². The molecule has 1 atom stereocenters. The first kappa shape index (κ1) is 15.8. The smallest absolute Gasteiger partial charge is 0.245 e. The van der Waals surface area contributed by atoms with Crippen molar-refractivity contribution in [2.75, 3.05) is 34.4 Å². The predicted octanol–water partition coefficient (Wildman–Crippen LogP) is 2.61. The molecular weight excluding hydrogens is 294 g/mol. The zero-order chi connectivity index (χ0) is 15.4. The molecular formula is C15H20ClNO4. The van der Waals surface area contributed by atoms with Gasteiger partial charge < -0.3 is 19.1 Å². The van der Waals surface area contributed by atoms with E-state index in [1.54, 1.807) is 31.3 Å². The highest BCUT2D eigenvalue weighted by Gasteiger charge is 2.29. The summed E-state index contributed by atoms with van der Waals surface area (Å²) in [7, 11) is 4.62. The second-order valence-electron chi connectivity index (χ2n) is 4.84. The van der Waals surface area contributed by atoms with Crippen LogP contribution in [0.1, 0.15) is 23.8 Å². The lowest BCUT2D eigenvalue weighted by Gasteiger charge is -2.21. The average Bonchev–Trinajstić information content (AvgIpc) is 3.06. The van der Waals surface area contributed by atoms with Crippen molar-refractivity contribution in [3.63, 3.8) is 0 Å². The van der Waals surface area contributed by atoms with Gasteiger partial charge in [-0.25, -0.2) is 0 Å². The molecule has 1 aliphatic rings. The predicted molar refractivity (Wildman–Crippen MR) is 80.5 cm³/mol. The van der Waals surface area contributed by atoms with Gasteiger partial charge in [-0.2, -0.15) is 0 Å². The first-order valence-electron chi connectivity index (χ1n) is 6.85. The number of nitrogens with zero attached hydrogens (tertiary/aromatic N) is 1. The van der Waals surface area contributed by atoms with E-state index in [9.17, 15) is 4.79 Å². The normalized spacial score (nSPS) is 15.7. The molecule has 0 N–H and O–H groups in total. The molecule has 1 amide bonds. The van der Waals surface area contributed by atoms with Crippen LogP contribution in [0.3, 0.4) is 0 Å². The lowest BCUT2D eigenvalue weighted by molar-refractivity contribution is -0.129. The van der Waals surface area contributed by atoms with Gasteiger partial charge in [-0.3, -0.25) is 4.79 Å². The third-order valence-electron chi connectivity index (χ3n) is 3.64. The van der Waals surface area contributed by atoms with E-state index in [0.29, 0.717) is 22.8 Å². The molecule has 6 heteroatoms. The number of carbonyl (C=O) groups is 1. The van der Waals surface area contributed by atoms with Gasteiger partial charge in [0.25, 0.3) is 0 Å². The third-order valence-corrected chi connectivity index (χ3v) is 4.07. The van der Waals surface area contributed by atoms with E-state index in [1.807, 2.05) is 0 Å². The highest BCUT2D eigenvalue weighted by molar-refractivity contribution is 6.31. The highest BCUT2D eigenvalue weighted by Crippen LogP contribution is 2.40. The van der Waals surface area contributed by atoms with Gasteiger partial charge in [-0.05, 0) is 18.9 Å². The maximum atomic E-state index is 12.4. The molecule has 0 aromatic heterocycles. The van der Waals surface area contributed by atoms with E-state index in [4.69, 9.17) is 25.8 Å². The van der Waals surface area contributed by atoms with Crippen molar-refractivity contribution in [1.29, 1.82) is 0 Å². The minimum atomic E-state index is -0.794. The van der Waals surface area contributed by atoms with Crippen LogP contribution in [0.25, 0.3) is 0 Å². The molecule has 0 bridgehead atoms. The number of likely N-dealkylation sites (tertiary alicyclic amines) is 1. The minimum Gasteiger partial charge on any atom is -0.496 e. The van der Waals surface area contributed by atoms with Gasteiger partial charge in [0.2, 0.25) is 5.91 Å². The summed E-state index contributed by atoms with van der Waals surface area (Å²) < 4.78 is 15.8. The fourth-order valence-electron chi connectivity index (χ4n) is 2.48. The van der Waals surface area contributed by atoms with E-state index in [1.165, 1.54) is 7.11 Å².